The van der Waals surface area contributed by atoms with E-state index in [4.69, 9.17) is 4.74 Å². The van der Waals surface area contributed by atoms with Crippen molar-refractivity contribution in [3.63, 3.8) is 0 Å². The smallest absolute Gasteiger partial charge is 0.153 e. The van der Waals surface area contributed by atoms with Gasteiger partial charge in [0, 0.05) is 18.3 Å². The minimum absolute atomic E-state index is 0.388. The fourth-order valence-electron chi connectivity index (χ4n) is 2.29. The van der Waals surface area contributed by atoms with E-state index in [0.717, 1.165) is 43.3 Å². The van der Waals surface area contributed by atoms with E-state index in [-0.39, 0.29) is 0 Å². The van der Waals surface area contributed by atoms with Crippen LogP contribution in [0.2, 0.25) is 0 Å². The number of anilines is 1. The van der Waals surface area contributed by atoms with Crippen LogP contribution in [-0.4, -0.2) is 39.5 Å². The van der Waals surface area contributed by atoms with Gasteiger partial charge in [0.25, 0.3) is 0 Å². The number of aromatic nitrogens is 4. The molecule has 0 aliphatic carbocycles. The normalized spacial score (nSPS) is 19.3. The Kier molecular flexibility index (Phi) is 3.41. The van der Waals surface area contributed by atoms with E-state index in [0.29, 0.717) is 6.04 Å². The van der Waals surface area contributed by atoms with Crippen LogP contribution in [0.3, 0.4) is 0 Å². The van der Waals surface area contributed by atoms with Crippen molar-refractivity contribution in [1.29, 1.82) is 0 Å². The van der Waals surface area contributed by atoms with Crippen molar-refractivity contribution >= 4 is 5.69 Å². The number of nitrogens with zero attached hydrogens (tertiary/aromatic N) is 4. The molecule has 1 atom stereocenters. The van der Waals surface area contributed by atoms with Crippen molar-refractivity contribution < 1.29 is 4.74 Å². The number of tetrazole rings is 1. The van der Waals surface area contributed by atoms with Crippen molar-refractivity contribution in [3.05, 3.63) is 30.1 Å². The predicted molar refractivity (Wildman–Crippen MR) is 71.4 cm³/mol. The molecule has 1 saturated heterocycles. The number of hydrogen-bond acceptors (Lipinski definition) is 5. The summed E-state index contributed by atoms with van der Waals surface area (Å²) in [5.74, 6) is 0.776. The molecule has 0 bridgehead atoms. The third kappa shape index (κ3) is 2.73. The lowest BCUT2D eigenvalue weighted by atomic mass is 10.1. The summed E-state index contributed by atoms with van der Waals surface area (Å²) in [6.45, 7) is 3.53. The largest absolute Gasteiger partial charge is 0.380 e. The molecule has 2 aromatic rings. The molecule has 0 amide bonds. The maximum absolute atomic E-state index is 5.48. The van der Waals surface area contributed by atoms with E-state index in [2.05, 4.69) is 33.0 Å². The van der Waals surface area contributed by atoms with Crippen LogP contribution in [0.15, 0.2) is 24.3 Å². The quantitative estimate of drug-likeness (QED) is 0.906. The number of benzene rings is 1. The highest BCUT2D eigenvalue weighted by atomic mass is 16.5. The molecule has 19 heavy (non-hydrogen) atoms. The molecule has 1 N–H and O–H groups in total. The Hall–Kier alpha value is -1.95. The third-order valence-electron chi connectivity index (χ3n) is 3.25. The topological polar surface area (TPSA) is 64.9 Å². The van der Waals surface area contributed by atoms with E-state index in [1.54, 1.807) is 4.68 Å². The van der Waals surface area contributed by atoms with E-state index in [1.807, 2.05) is 19.1 Å². The lowest BCUT2D eigenvalue weighted by Crippen LogP contribution is -2.29. The molecule has 0 saturated carbocycles. The van der Waals surface area contributed by atoms with E-state index < -0.39 is 0 Å². The van der Waals surface area contributed by atoms with Crippen LogP contribution < -0.4 is 5.32 Å². The second-order valence-electron chi connectivity index (χ2n) is 4.75. The second kappa shape index (κ2) is 5.36. The van der Waals surface area contributed by atoms with Gasteiger partial charge in [-0.3, -0.25) is 0 Å². The first-order chi connectivity index (χ1) is 9.33. The number of ether oxygens (including phenoxy) is 1. The van der Waals surface area contributed by atoms with Gasteiger partial charge < -0.3 is 10.1 Å². The maximum atomic E-state index is 5.48. The van der Waals surface area contributed by atoms with Gasteiger partial charge in [-0.1, -0.05) is 6.07 Å². The highest BCUT2D eigenvalue weighted by Crippen LogP contribution is 2.18. The summed E-state index contributed by atoms with van der Waals surface area (Å²) in [5.41, 5.74) is 2.03. The molecule has 6 nitrogen and oxygen atoms in total. The van der Waals surface area contributed by atoms with Crippen molar-refractivity contribution in [3.8, 4) is 5.69 Å². The number of aryl methyl sites for hydroxylation is 1. The van der Waals surface area contributed by atoms with Gasteiger partial charge in [-0.05, 0) is 48.4 Å². The van der Waals surface area contributed by atoms with Gasteiger partial charge in [0.1, 0.15) is 0 Å². The molecule has 1 aliphatic heterocycles. The molecule has 1 unspecified atom stereocenters. The number of hydrogen-bond donors (Lipinski definition) is 1. The van der Waals surface area contributed by atoms with Crippen LogP contribution in [-0.2, 0) is 4.74 Å². The molecule has 1 aromatic heterocycles. The highest BCUT2D eigenvalue weighted by Gasteiger charge is 2.13. The zero-order valence-corrected chi connectivity index (χ0v) is 10.9. The first-order valence-corrected chi connectivity index (χ1v) is 6.52. The second-order valence-corrected chi connectivity index (χ2v) is 4.75. The molecular weight excluding hydrogens is 242 g/mol. The summed E-state index contributed by atoms with van der Waals surface area (Å²) >= 11 is 0. The fraction of sp³-hybridized carbons (Fsp3) is 0.462. The standard InChI is InChI=1S/C13H17N5O/c1-10-15-16-17-18(10)13-6-2-4-11(8-13)14-12-5-3-7-19-9-12/h2,4,6,8,12,14H,3,5,7,9H2,1H3. The van der Waals surface area contributed by atoms with Crippen LogP contribution in [0, 0.1) is 6.92 Å². The molecule has 6 heteroatoms. The minimum atomic E-state index is 0.388. The SMILES string of the molecule is Cc1nnnn1-c1cccc(NC2CCCOC2)c1. The summed E-state index contributed by atoms with van der Waals surface area (Å²) in [7, 11) is 0. The molecule has 2 heterocycles. The van der Waals surface area contributed by atoms with Gasteiger partial charge >= 0.3 is 0 Å². The molecule has 1 aromatic carbocycles. The molecule has 1 fully saturated rings. The van der Waals surface area contributed by atoms with Gasteiger partial charge in [0.2, 0.25) is 0 Å². The van der Waals surface area contributed by atoms with Crippen LogP contribution in [0.25, 0.3) is 5.69 Å². The molecule has 1 aliphatic rings. The molecule has 3 rings (SSSR count). The van der Waals surface area contributed by atoms with Crippen LogP contribution >= 0.6 is 0 Å². The van der Waals surface area contributed by atoms with Gasteiger partial charge in [-0.15, -0.1) is 5.10 Å². The zero-order chi connectivity index (χ0) is 13.1. The summed E-state index contributed by atoms with van der Waals surface area (Å²) in [4.78, 5) is 0. The minimum Gasteiger partial charge on any atom is -0.380 e. The van der Waals surface area contributed by atoms with Crippen LogP contribution in [0.5, 0.6) is 0 Å². The summed E-state index contributed by atoms with van der Waals surface area (Å²) in [6.07, 6.45) is 2.26. The first-order valence-electron chi connectivity index (χ1n) is 6.52. The molecular formula is C13H17N5O. The molecule has 0 spiro atoms. The van der Waals surface area contributed by atoms with Gasteiger partial charge in [0.15, 0.2) is 5.82 Å². The number of nitrogens with one attached hydrogen (secondary N) is 1. The summed E-state index contributed by atoms with van der Waals surface area (Å²) in [5, 5.41) is 15.0. The molecule has 100 valence electrons. The van der Waals surface area contributed by atoms with E-state index in [9.17, 15) is 0 Å². The Morgan fingerprint density at radius 1 is 1.42 bits per heavy atom. The summed E-state index contributed by atoms with van der Waals surface area (Å²) < 4.78 is 7.20. The highest BCUT2D eigenvalue weighted by molar-refractivity contribution is 5.51. The van der Waals surface area contributed by atoms with Crippen molar-refractivity contribution in [2.45, 2.75) is 25.8 Å². The Morgan fingerprint density at radius 2 is 2.37 bits per heavy atom. The Balaban J connectivity index is 1.78. The van der Waals surface area contributed by atoms with Crippen molar-refractivity contribution in [2.24, 2.45) is 0 Å². The Labute approximate surface area is 111 Å². The lowest BCUT2D eigenvalue weighted by molar-refractivity contribution is 0.0876. The Bertz CT molecular complexity index is 547. The van der Waals surface area contributed by atoms with E-state index >= 15 is 0 Å². The summed E-state index contributed by atoms with van der Waals surface area (Å²) in [6, 6.07) is 8.49. The molecule has 0 radical (unpaired) electrons. The third-order valence-corrected chi connectivity index (χ3v) is 3.25. The van der Waals surface area contributed by atoms with Crippen LogP contribution in [0.1, 0.15) is 18.7 Å². The van der Waals surface area contributed by atoms with Gasteiger partial charge in [-0.25, -0.2) is 0 Å². The monoisotopic (exact) mass is 259 g/mol. The number of rotatable bonds is 3. The van der Waals surface area contributed by atoms with Crippen molar-refractivity contribution in [1.82, 2.24) is 20.2 Å². The lowest BCUT2D eigenvalue weighted by Gasteiger charge is -2.24. The van der Waals surface area contributed by atoms with Gasteiger partial charge in [0.05, 0.1) is 12.3 Å². The average Bonchev–Trinajstić information content (AvgIpc) is 2.86. The van der Waals surface area contributed by atoms with Crippen LogP contribution in [0.4, 0.5) is 5.69 Å². The zero-order valence-electron chi connectivity index (χ0n) is 10.9. The Morgan fingerprint density at radius 3 is 3.11 bits per heavy atom. The fourth-order valence-corrected chi connectivity index (χ4v) is 2.29. The average molecular weight is 259 g/mol. The maximum Gasteiger partial charge on any atom is 0.153 e. The van der Waals surface area contributed by atoms with Crippen molar-refractivity contribution in [2.75, 3.05) is 18.5 Å². The van der Waals surface area contributed by atoms with E-state index in [1.165, 1.54) is 0 Å². The predicted octanol–water partition coefficient (Wildman–Crippen LogP) is 1.56. The van der Waals surface area contributed by atoms with Gasteiger partial charge in [-0.2, -0.15) is 4.68 Å². The first kappa shape index (κ1) is 12.1.